The molecule has 6 heterocycles. The van der Waals surface area contributed by atoms with E-state index < -0.39 is 180 Å². The quantitative estimate of drug-likeness (QED) is 0.114. The minimum atomic E-state index is -1.45. The van der Waals surface area contributed by atoms with Gasteiger partial charge in [0.1, 0.15) is 11.5 Å². The van der Waals surface area contributed by atoms with E-state index in [2.05, 4.69) is 17.0 Å². The van der Waals surface area contributed by atoms with Crippen LogP contribution in [0.25, 0.3) is 133 Å². The van der Waals surface area contributed by atoms with Crippen LogP contribution in [0.2, 0.25) is 0 Å². The van der Waals surface area contributed by atoms with Crippen molar-refractivity contribution in [1.82, 2.24) is 9.13 Å². The summed E-state index contributed by atoms with van der Waals surface area (Å²) in [6.45, 7) is -2.79. The Hall–Kier alpha value is -15.9. The van der Waals surface area contributed by atoms with E-state index in [0.29, 0.717) is 128 Å². The molecule has 0 radical (unpaired) electrons. The summed E-state index contributed by atoms with van der Waals surface area (Å²) in [5, 5.41) is -1.30. The van der Waals surface area contributed by atoms with Gasteiger partial charge in [-0.1, -0.05) is 364 Å². The summed E-state index contributed by atoms with van der Waals surface area (Å²) in [7, 11) is 0. The van der Waals surface area contributed by atoms with Gasteiger partial charge in [-0.15, -0.1) is 0 Å². The van der Waals surface area contributed by atoms with Crippen molar-refractivity contribution >= 4 is 141 Å². The van der Waals surface area contributed by atoms with Crippen molar-refractivity contribution in [2.75, 3.05) is 14.7 Å². The maximum Gasteiger partial charge on any atom is 0.256 e. The molecule has 0 saturated carbocycles. The van der Waals surface area contributed by atoms with Crippen LogP contribution < -0.4 is 52.2 Å². The fraction of sp³-hybridized carbons (Fsp3) is 0. The molecule has 0 unspecified atom stereocenters. The maximum atomic E-state index is 12.1. The van der Waals surface area contributed by atoms with Gasteiger partial charge < -0.3 is 28.6 Å². The van der Waals surface area contributed by atoms with Crippen LogP contribution in [0.1, 0.15) is 30.2 Å². The lowest BCUT2D eigenvalue weighted by molar-refractivity contribution is 0.491. The van der Waals surface area contributed by atoms with Gasteiger partial charge in [-0.05, 0) is 162 Å². The van der Waals surface area contributed by atoms with E-state index in [-0.39, 0.29) is 55.3 Å². The van der Waals surface area contributed by atoms with Crippen molar-refractivity contribution in [3.63, 3.8) is 0 Å². The largest absolute Gasteiger partial charge is 0.459 e. The molecule has 0 aliphatic carbocycles. The molecule has 21 aromatic rings. The molecule has 6 nitrogen and oxygen atoms in total. The third-order valence-electron chi connectivity index (χ3n) is 24.3. The SMILES string of the molecule is [2H]c1c([2H])c(-n2c3c([2H])c([2H])c([2H])c([2H])c3c3c([2H])c([2H])c([2H])c([2H])c32)c([2H])c2c1B1c3c(cc(-c4ccccc4)cc3N2c2c(-c3ccccc3)cccc2-c2ccccc2)N(c2ccccc2-c2ccccc2)c2cc3c4c(c21)Oc1cc(-c2ccccc2)ccc1B4c1c([2H])c([2H])c(-n2c4c([2H])c([2H])c([2H])c([2H])c4c4c([2H])c([2H])c([2H])c([2H])c42)c([2H])c1N3c1c(-c2ccccc2)cccc1-c1ccccc1. The number of anilines is 9. The predicted molar refractivity (Wildman–Crippen MR) is 513 cm³/mol. The Morgan fingerprint density at radius 3 is 1.02 bits per heavy atom. The van der Waals surface area contributed by atoms with E-state index >= 15 is 0 Å². The van der Waals surface area contributed by atoms with Gasteiger partial charge in [0, 0.05) is 94.9 Å². The third kappa shape index (κ3) is 10.7. The fourth-order valence-corrected chi connectivity index (χ4v) is 19.1. The monoisotopic (exact) mass is 1570 g/mol. The molecule has 8 heteroatoms. The van der Waals surface area contributed by atoms with Gasteiger partial charge >= 0.3 is 0 Å². The van der Waals surface area contributed by atoms with Crippen LogP contribution in [0.4, 0.5) is 51.2 Å². The second-order valence-electron chi connectivity index (χ2n) is 30.7. The number of ether oxygens (including phenoxy) is 1. The first kappa shape index (κ1) is 50.7. The second kappa shape index (κ2) is 27.9. The average Bonchev–Trinajstić information content (AvgIpc) is 0.874. The number of para-hydroxylation sites is 7. The van der Waals surface area contributed by atoms with Gasteiger partial charge in [0.15, 0.2) is 0 Å². The Kier molecular flexibility index (Phi) is 11.6. The third-order valence-corrected chi connectivity index (χ3v) is 24.3. The molecule has 4 aliphatic rings. The minimum Gasteiger partial charge on any atom is -0.459 e. The van der Waals surface area contributed by atoms with Crippen molar-refractivity contribution in [2.24, 2.45) is 0 Å². The standard InChI is InChI=1S/C114H73B2N5O/c1-8-34-74(35-9-1)81-62-65-96-108(70-81)122-114-110-107(121(113-88(79-44-18-6-19-45-79)55-33-56-89(113)80-46-20-7-21-47-80)102-71-83(63-66-94(102)115(96)110)117-98-58-28-23-49-90(98)91-50-24-29-59-99(91)117)73-106-111(114)116-95-67-64-84(118-100-60-30-25-51-92(100)93-52-26-31-61-101(93)118)72-103(95)120(112-86(77-40-14-4-15-41-77)53-32-54-87(112)78-42-16-5-17-43-78)105-69-82(75-36-10-2-11-37-75)68-104(109(105)116)119(106)97-57-27-22-48-85(97)76-38-12-3-13-39-76/h1-73H/i23D,24D,25D,26D,28D,29D,30D,31D,49D,50D,51D,52D,58D,59D,60D,61D,63D,64D,66D,67D,71D,72D. The zero-order valence-corrected chi connectivity index (χ0v) is 64.7. The van der Waals surface area contributed by atoms with Gasteiger partial charge in [-0.2, -0.15) is 0 Å². The Bertz CT molecular complexity index is 8960. The highest BCUT2D eigenvalue weighted by atomic mass is 16.5. The smallest absolute Gasteiger partial charge is 0.256 e. The molecule has 2 aromatic heterocycles. The van der Waals surface area contributed by atoms with Crippen molar-refractivity contribution in [1.29, 1.82) is 0 Å². The summed E-state index contributed by atoms with van der Waals surface area (Å²) in [5.74, 6) is 0.322. The molecule has 0 N–H and O–H groups in total. The number of aromatic nitrogens is 2. The lowest BCUT2D eigenvalue weighted by atomic mass is 9.30. The molecule has 0 fully saturated rings. The summed E-state index contributed by atoms with van der Waals surface area (Å²) in [6.07, 6.45) is 0. The van der Waals surface area contributed by atoms with Crippen LogP contribution in [0.5, 0.6) is 11.5 Å². The van der Waals surface area contributed by atoms with Gasteiger partial charge in [0.2, 0.25) is 0 Å². The van der Waals surface area contributed by atoms with Crippen molar-refractivity contribution in [2.45, 2.75) is 0 Å². The Morgan fingerprint density at radius 1 is 0.230 bits per heavy atom. The molecule has 0 spiro atoms. The van der Waals surface area contributed by atoms with Crippen molar-refractivity contribution in [3.8, 4) is 101 Å². The molecule has 0 atom stereocenters. The number of fused-ring (bicyclic) bond motifs is 15. The number of benzene rings is 19. The van der Waals surface area contributed by atoms with Crippen LogP contribution in [-0.2, 0) is 0 Å². The van der Waals surface area contributed by atoms with Gasteiger partial charge in [-0.3, -0.25) is 0 Å². The van der Waals surface area contributed by atoms with Gasteiger partial charge in [0.25, 0.3) is 13.4 Å². The van der Waals surface area contributed by atoms with Crippen LogP contribution >= 0.6 is 0 Å². The zero-order chi connectivity index (χ0) is 99.2. The van der Waals surface area contributed by atoms with E-state index in [1.807, 2.05) is 307 Å². The average molecular weight is 1570 g/mol. The van der Waals surface area contributed by atoms with Crippen molar-refractivity contribution in [3.05, 3.63) is 442 Å². The number of nitrogens with zero attached hydrogens (tertiary/aromatic N) is 5. The van der Waals surface area contributed by atoms with Crippen LogP contribution in [-0.4, -0.2) is 22.6 Å². The molecule has 566 valence electrons. The van der Waals surface area contributed by atoms with Crippen molar-refractivity contribution < 1.29 is 34.9 Å². The first-order valence-electron chi connectivity index (χ1n) is 51.4. The lowest BCUT2D eigenvalue weighted by Crippen LogP contribution is -2.65. The summed E-state index contributed by atoms with van der Waals surface area (Å²) in [5.41, 5.74) is 11.3. The molecule has 0 amide bonds. The van der Waals surface area contributed by atoms with E-state index in [0.717, 1.165) is 20.3 Å². The maximum absolute atomic E-state index is 12.1. The second-order valence-corrected chi connectivity index (χ2v) is 30.7. The highest BCUT2D eigenvalue weighted by Gasteiger charge is 2.52. The number of hydrogen-bond donors (Lipinski definition) is 0. The normalized spacial score (nSPS) is 15.3. The van der Waals surface area contributed by atoms with E-state index in [4.69, 9.17) is 4.74 Å². The molecule has 25 rings (SSSR count). The summed E-state index contributed by atoms with van der Waals surface area (Å²) in [6, 6.07) is 84.7. The molecule has 19 aromatic carbocycles. The number of hydrogen-bond acceptors (Lipinski definition) is 4. The highest BCUT2D eigenvalue weighted by Crippen LogP contribution is 2.57. The summed E-state index contributed by atoms with van der Waals surface area (Å²) < 4.78 is 235. The Labute approximate surface area is 739 Å². The molecule has 4 aliphatic heterocycles. The van der Waals surface area contributed by atoms with E-state index in [1.54, 1.807) is 0 Å². The summed E-state index contributed by atoms with van der Waals surface area (Å²) in [4.78, 5) is 6.06. The molecular weight excluding hydrogens is 1480 g/mol. The molecule has 0 bridgehead atoms. The first-order chi connectivity index (χ1) is 69.8. The molecule has 0 saturated heterocycles. The first-order valence-corrected chi connectivity index (χ1v) is 40.4. The predicted octanol–water partition coefficient (Wildman–Crippen LogP) is 26.0. The van der Waals surface area contributed by atoms with Crippen LogP contribution in [0.15, 0.2) is 442 Å². The highest BCUT2D eigenvalue weighted by molar-refractivity contribution is 7.03. The van der Waals surface area contributed by atoms with E-state index in [1.165, 1.54) is 0 Å². The molecule has 122 heavy (non-hydrogen) atoms. The summed E-state index contributed by atoms with van der Waals surface area (Å²) >= 11 is 0. The van der Waals surface area contributed by atoms with Crippen LogP contribution in [0, 0.1) is 0 Å². The van der Waals surface area contributed by atoms with Crippen LogP contribution in [0.3, 0.4) is 0 Å². The zero-order valence-electron chi connectivity index (χ0n) is 86.7. The lowest BCUT2D eigenvalue weighted by Gasteiger charge is -2.48. The fourth-order valence-electron chi connectivity index (χ4n) is 19.1. The minimum absolute atomic E-state index is 0.0162. The topological polar surface area (TPSA) is 28.8 Å². The number of rotatable bonds is 12. The van der Waals surface area contributed by atoms with Gasteiger partial charge in [0.05, 0.1) is 69.3 Å². The van der Waals surface area contributed by atoms with Gasteiger partial charge in [-0.25, -0.2) is 0 Å². The van der Waals surface area contributed by atoms with E-state index in [9.17, 15) is 30.2 Å². The Balaban J connectivity index is 0.925. The molecular formula is C114H73B2N5O. The Morgan fingerprint density at radius 2 is 0.574 bits per heavy atom.